The van der Waals surface area contributed by atoms with Gasteiger partial charge in [0.25, 0.3) is 0 Å². The molecule has 0 spiro atoms. The zero-order chi connectivity index (χ0) is 8.28. The zero-order valence-electron chi connectivity index (χ0n) is 6.41. The van der Waals surface area contributed by atoms with Crippen LogP contribution in [0.5, 0.6) is 0 Å². The monoisotopic (exact) mass is 222 g/mol. The van der Waals surface area contributed by atoms with E-state index in [4.69, 9.17) is 33.7 Å². The second-order valence-electron chi connectivity index (χ2n) is 2.58. The van der Waals surface area contributed by atoms with Gasteiger partial charge in [-0.1, -0.05) is 0 Å². The summed E-state index contributed by atoms with van der Waals surface area (Å²) in [6.07, 6.45) is 3.47. The van der Waals surface area contributed by atoms with E-state index in [0.717, 1.165) is 25.2 Å². The third kappa shape index (κ3) is 5.02. The van der Waals surface area contributed by atoms with Gasteiger partial charge in [-0.3, -0.25) is 0 Å². The van der Waals surface area contributed by atoms with Crippen molar-refractivity contribution in [3.63, 3.8) is 0 Å². The Bertz CT molecular complexity index is 95.3. The van der Waals surface area contributed by atoms with Crippen molar-refractivity contribution in [1.29, 1.82) is 0 Å². The van der Waals surface area contributed by atoms with Crippen LogP contribution in [0.2, 0.25) is 0 Å². The maximum atomic E-state index is 6.05. The average molecular weight is 224 g/mol. The van der Waals surface area contributed by atoms with Gasteiger partial charge in [0.2, 0.25) is 0 Å². The molecule has 0 aliphatic rings. The first-order valence-corrected chi connectivity index (χ1v) is 8.88. The predicted octanol–water partition coefficient (Wildman–Crippen LogP) is 4.82. The third-order valence-corrected chi connectivity index (χ3v) is 6.85. The molecule has 0 aliphatic heterocycles. The van der Waals surface area contributed by atoms with Gasteiger partial charge in [0.1, 0.15) is 0 Å². The van der Waals surface area contributed by atoms with Crippen LogP contribution in [0.4, 0.5) is 0 Å². The topological polar surface area (TPSA) is 0 Å². The van der Waals surface area contributed by atoms with Crippen LogP contribution in [-0.2, 0) is 0 Å². The summed E-state index contributed by atoms with van der Waals surface area (Å²) < 4.78 is -2.74. The minimum absolute atomic E-state index is 0.768. The Balaban J connectivity index is 3.97. The van der Waals surface area contributed by atoms with E-state index in [0.29, 0.717) is 0 Å². The first-order chi connectivity index (χ1) is 4.39. The van der Waals surface area contributed by atoms with Crippen LogP contribution in [0.15, 0.2) is 0 Å². The number of rotatable bonds is 4. The van der Waals surface area contributed by atoms with Gasteiger partial charge in [0.15, 0.2) is 0 Å². The van der Waals surface area contributed by atoms with Crippen molar-refractivity contribution in [1.82, 2.24) is 0 Å². The van der Waals surface area contributed by atoms with Gasteiger partial charge in [0, 0.05) is 0 Å². The van der Waals surface area contributed by atoms with Gasteiger partial charge in [-0.2, -0.15) is 0 Å². The van der Waals surface area contributed by atoms with Gasteiger partial charge in [-0.15, -0.1) is 0 Å². The first kappa shape index (κ1) is 11.3. The number of hydrogen-bond acceptors (Lipinski definition) is 0. The molecule has 0 unspecified atom stereocenters. The zero-order valence-corrected chi connectivity index (χ0v) is 9.57. The molecule has 4 heteroatoms. The Morgan fingerprint density at radius 3 is 1.40 bits per heavy atom. The third-order valence-electron chi connectivity index (χ3n) is 1.27. The molecule has 10 heavy (non-hydrogen) atoms. The van der Waals surface area contributed by atoms with E-state index in [9.17, 15) is 0 Å². The number of halogens is 3. The molecule has 0 amide bonds. The van der Waals surface area contributed by atoms with Crippen molar-refractivity contribution in [3.8, 4) is 0 Å². The molecule has 0 saturated carbocycles. The Kier molecular flexibility index (Phi) is 4.30. The van der Waals surface area contributed by atoms with Gasteiger partial charge >= 0.3 is 77.4 Å². The summed E-state index contributed by atoms with van der Waals surface area (Å²) in [6, 6.07) is 0. The molecule has 0 rings (SSSR count). The average Bonchev–Trinajstić information content (AvgIpc) is 1.61. The summed E-state index contributed by atoms with van der Waals surface area (Å²) >= 11 is 18.2. The predicted molar refractivity (Wildman–Crippen MR) is 54.8 cm³/mol. The van der Waals surface area contributed by atoms with Crippen molar-refractivity contribution >= 4 is 38.4 Å². The molecule has 64 valence electrons. The second kappa shape index (κ2) is 3.81. The standard InChI is InChI=1S/C6H14Cl3P/c1-3-5-10(7,8,9)6-4-2/h3-6H2,1-2H3. The summed E-state index contributed by atoms with van der Waals surface area (Å²) in [5.41, 5.74) is 0. The van der Waals surface area contributed by atoms with Crippen LogP contribution < -0.4 is 0 Å². The van der Waals surface area contributed by atoms with E-state index >= 15 is 0 Å². The van der Waals surface area contributed by atoms with Crippen molar-refractivity contribution in [3.05, 3.63) is 0 Å². The fourth-order valence-electron chi connectivity index (χ4n) is 0.935. The Morgan fingerprint density at radius 2 is 1.20 bits per heavy atom. The normalized spacial score (nSPS) is 16.3. The van der Waals surface area contributed by atoms with Crippen molar-refractivity contribution in [2.24, 2.45) is 0 Å². The van der Waals surface area contributed by atoms with Gasteiger partial charge in [-0.25, -0.2) is 0 Å². The molecule has 0 bridgehead atoms. The van der Waals surface area contributed by atoms with Crippen LogP contribution in [0.1, 0.15) is 26.7 Å². The van der Waals surface area contributed by atoms with Crippen molar-refractivity contribution in [2.45, 2.75) is 26.7 Å². The fourth-order valence-corrected chi connectivity index (χ4v) is 5.85. The minimum atomic E-state index is -2.74. The summed E-state index contributed by atoms with van der Waals surface area (Å²) in [6.45, 7) is 4.09. The van der Waals surface area contributed by atoms with Gasteiger partial charge < -0.3 is 0 Å². The van der Waals surface area contributed by atoms with Crippen LogP contribution >= 0.6 is 38.4 Å². The van der Waals surface area contributed by atoms with Crippen LogP contribution in [-0.4, -0.2) is 12.3 Å². The molecular weight excluding hydrogens is 209 g/mol. The molecule has 0 aromatic carbocycles. The van der Waals surface area contributed by atoms with Crippen molar-refractivity contribution < 1.29 is 0 Å². The molecule has 0 fully saturated rings. The maximum absolute atomic E-state index is 6.05. The number of hydrogen-bond donors (Lipinski definition) is 0. The molecule has 0 nitrogen and oxygen atoms in total. The van der Waals surface area contributed by atoms with Crippen LogP contribution in [0.3, 0.4) is 0 Å². The van der Waals surface area contributed by atoms with E-state index in [1.807, 2.05) is 13.8 Å². The summed E-state index contributed by atoms with van der Waals surface area (Å²) in [7, 11) is 0. The SMILES string of the molecule is CCCP(Cl)(Cl)(Cl)CCC. The molecule has 0 radical (unpaired) electrons. The summed E-state index contributed by atoms with van der Waals surface area (Å²) in [4.78, 5) is 0. The van der Waals surface area contributed by atoms with Gasteiger partial charge in [0.05, 0.1) is 0 Å². The second-order valence-corrected chi connectivity index (χ2v) is 14.6. The Labute approximate surface area is 77.5 Å². The molecular formula is C6H14Cl3P. The molecule has 0 aliphatic carbocycles. The van der Waals surface area contributed by atoms with Crippen molar-refractivity contribution in [2.75, 3.05) is 12.3 Å². The van der Waals surface area contributed by atoms with E-state index in [1.165, 1.54) is 0 Å². The quantitative estimate of drug-likeness (QED) is 0.599. The fraction of sp³-hybridized carbons (Fsp3) is 1.00. The molecule has 0 N–H and O–H groups in total. The Morgan fingerprint density at radius 1 is 0.900 bits per heavy atom. The molecule has 0 saturated heterocycles. The van der Waals surface area contributed by atoms with E-state index in [-0.39, 0.29) is 0 Å². The van der Waals surface area contributed by atoms with Crippen LogP contribution in [0.25, 0.3) is 0 Å². The molecule has 0 aromatic heterocycles. The van der Waals surface area contributed by atoms with E-state index in [2.05, 4.69) is 0 Å². The molecule has 0 aromatic rings. The van der Waals surface area contributed by atoms with Gasteiger partial charge in [-0.05, 0) is 0 Å². The van der Waals surface area contributed by atoms with E-state index in [1.54, 1.807) is 0 Å². The Hall–Kier alpha value is 1.30. The summed E-state index contributed by atoms with van der Waals surface area (Å²) in [5, 5.41) is 0. The van der Waals surface area contributed by atoms with E-state index < -0.39 is 4.66 Å². The summed E-state index contributed by atoms with van der Waals surface area (Å²) in [5.74, 6) is 0. The van der Waals surface area contributed by atoms with Crippen LogP contribution in [0, 0.1) is 0 Å². The molecule has 0 heterocycles. The molecule has 0 atom stereocenters. The first-order valence-electron chi connectivity index (χ1n) is 3.55.